The lowest BCUT2D eigenvalue weighted by atomic mass is 10.1. The van der Waals surface area contributed by atoms with E-state index in [9.17, 15) is 13.6 Å². The monoisotopic (exact) mass is 392 g/mol. The number of hydrogen-bond donors (Lipinski definition) is 1. The number of alkyl halides is 2. The van der Waals surface area contributed by atoms with E-state index in [-0.39, 0.29) is 22.2 Å². The smallest absolute Gasteiger partial charge is 0.270 e. The highest BCUT2D eigenvalue weighted by molar-refractivity contribution is 6.39. The maximum atomic E-state index is 13.3. The molecule has 2 aromatic heterocycles. The van der Waals surface area contributed by atoms with Crippen molar-refractivity contribution in [3.8, 4) is 0 Å². The summed E-state index contributed by atoms with van der Waals surface area (Å²) in [6, 6.07) is 5.49. The summed E-state index contributed by atoms with van der Waals surface area (Å²) in [5, 5.41) is 7.98. The van der Waals surface area contributed by atoms with Gasteiger partial charge < -0.3 is 5.32 Å². The van der Waals surface area contributed by atoms with E-state index in [4.69, 9.17) is 11.6 Å². The lowest BCUT2D eigenvalue weighted by Crippen LogP contribution is -2.14. The van der Waals surface area contributed by atoms with Crippen LogP contribution in [-0.4, -0.2) is 20.7 Å². The van der Waals surface area contributed by atoms with E-state index in [2.05, 4.69) is 15.4 Å². The highest BCUT2D eigenvalue weighted by atomic mass is 35.5. The maximum absolute atomic E-state index is 13.3. The molecular weight excluding hydrogens is 374 g/mol. The van der Waals surface area contributed by atoms with Crippen molar-refractivity contribution in [2.24, 2.45) is 0 Å². The molecule has 0 fully saturated rings. The van der Waals surface area contributed by atoms with Crippen LogP contribution in [0.15, 0.2) is 30.5 Å². The van der Waals surface area contributed by atoms with E-state index in [0.717, 1.165) is 6.92 Å². The first-order chi connectivity index (χ1) is 12.6. The summed E-state index contributed by atoms with van der Waals surface area (Å²) < 4.78 is 28.3. The molecule has 0 saturated heterocycles. The van der Waals surface area contributed by atoms with Crippen LogP contribution in [0.4, 0.5) is 14.5 Å². The third-order valence-corrected chi connectivity index (χ3v) is 4.61. The zero-order valence-corrected chi connectivity index (χ0v) is 16.1. The highest BCUT2D eigenvalue weighted by Gasteiger charge is 2.24. The molecule has 0 radical (unpaired) electrons. The average Bonchev–Trinajstić information content (AvgIpc) is 2.92. The molecular formula is C19H19ClF2N4O. The van der Waals surface area contributed by atoms with Gasteiger partial charge >= 0.3 is 0 Å². The summed E-state index contributed by atoms with van der Waals surface area (Å²) in [6.45, 7) is 6.58. The third-order valence-electron chi connectivity index (χ3n) is 4.22. The molecule has 1 aromatic carbocycles. The van der Waals surface area contributed by atoms with Crippen molar-refractivity contribution in [2.45, 2.75) is 39.7 Å². The Labute approximate surface area is 160 Å². The van der Waals surface area contributed by atoms with Crippen molar-refractivity contribution >= 4 is 34.2 Å². The lowest BCUT2D eigenvalue weighted by Gasteiger charge is -2.12. The molecule has 27 heavy (non-hydrogen) atoms. The zero-order chi connectivity index (χ0) is 19.9. The number of anilines is 1. The molecule has 1 N–H and O–H groups in total. The van der Waals surface area contributed by atoms with Gasteiger partial charge in [0.2, 0.25) is 0 Å². The molecule has 5 nitrogen and oxygen atoms in total. The van der Waals surface area contributed by atoms with Crippen LogP contribution >= 0.6 is 11.6 Å². The molecule has 0 bridgehead atoms. The Hall–Kier alpha value is -2.54. The van der Waals surface area contributed by atoms with Gasteiger partial charge in [-0.3, -0.25) is 4.79 Å². The molecule has 8 heteroatoms. The van der Waals surface area contributed by atoms with Crippen molar-refractivity contribution < 1.29 is 13.6 Å². The van der Waals surface area contributed by atoms with Gasteiger partial charge in [-0.25, -0.2) is 18.4 Å². The number of benzene rings is 1. The Kier molecular flexibility index (Phi) is 4.90. The topological polar surface area (TPSA) is 59.8 Å². The van der Waals surface area contributed by atoms with Crippen molar-refractivity contribution in [1.82, 2.24) is 14.8 Å². The van der Waals surface area contributed by atoms with Crippen molar-refractivity contribution in [2.75, 3.05) is 5.32 Å². The van der Waals surface area contributed by atoms with E-state index in [1.807, 2.05) is 13.8 Å². The molecule has 2 heterocycles. The van der Waals surface area contributed by atoms with Gasteiger partial charge in [0.05, 0.1) is 21.7 Å². The van der Waals surface area contributed by atoms with Gasteiger partial charge in [0.1, 0.15) is 0 Å². The van der Waals surface area contributed by atoms with E-state index >= 15 is 0 Å². The standard InChI is InChI=1S/C19H19ClF2N4O/c1-10(2)26-17-15(11(3)25-26)16(20)14(9-23-17)18(27)24-13-7-5-12(6-8-13)19(4,21)22/h5-10H,1-4H3,(H,24,27). The molecule has 0 unspecified atom stereocenters. The Bertz CT molecular complexity index is 1010. The second-order valence-corrected chi connectivity index (χ2v) is 7.11. The molecule has 0 aliphatic heterocycles. The van der Waals surface area contributed by atoms with Gasteiger partial charge in [0, 0.05) is 30.4 Å². The molecule has 0 atom stereocenters. The van der Waals surface area contributed by atoms with Crippen LogP contribution in [0.25, 0.3) is 11.0 Å². The summed E-state index contributed by atoms with van der Waals surface area (Å²) in [5.41, 5.74) is 1.75. The number of carbonyl (C=O) groups excluding carboxylic acids is 1. The number of hydrogen-bond acceptors (Lipinski definition) is 3. The third kappa shape index (κ3) is 3.64. The van der Waals surface area contributed by atoms with Crippen LogP contribution in [-0.2, 0) is 5.92 Å². The Morgan fingerprint density at radius 2 is 1.89 bits per heavy atom. The normalized spacial score (nSPS) is 12.0. The number of pyridine rings is 1. The van der Waals surface area contributed by atoms with Crippen LogP contribution in [0.5, 0.6) is 0 Å². The first kappa shape index (κ1) is 19.2. The Morgan fingerprint density at radius 1 is 1.26 bits per heavy atom. The van der Waals surface area contributed by atoms with Gasteiger partial charge in [0.25, 0.3) is 11.8 Å². The van der Waals surface area contributed by atoms with Crippen LogP contribution in [0.3, 0.4) is 0 Å². The molecule has 3 rings (SSSR count). The summed E-state index contributed by atoms with van der Waals surface area (Å²) in [5.74, 6) is -3.41. The lowest BCUT2D eigenvalue weighted by molar-refractivity contribution is 0.0175. The van der Waals surface area contributed by atoms with Crippen LogP contribution < -0.4 is 5.32 Å². The van der Waals surface area contributed by atoms with Crippen molar-refractivity contribution in [3.05, 3.63) is 52.3 Å². The van der Waals surface area contributed by atoms with E-state index in [0.29, 0.717) is 22.4 Å². The predicted octanol–water partition coefficient (Wildman–Crippen LogP) is 5.34. The second kappa shape index (κ2) is 6.88. The second-order valence-electron chi connectivity index (χ2n) is 6.73. The SMILES string of the molecule is Cc1nn(C(C)C)c2ncc(C(=O)Nc3ccc(C(C)(F)F)cc3)c(Cl)c12. The molecule has 0 spiro atoms. The largest absolute Gasteiger partial charge is 0.322 e. The number of fused-ring (bicyclic) bond motifs is 1. The van der Waals surface area contributed by atoms with Crippen molar-refractivity contribution in [1.29, 1.82) is 0 Å². The number of rotatable bonds is 4. The molecule has 0 saturated carbocycles. The number of amides is 1. The minimum atomic E-state index is -2.94. The fraction of sp³-hybridized carbons (Fsp3) is 0.316. The highest BCUT2D eigenvalue weighted by Crippen LogP contribution is 2.31. The van der Waals surface area contributed by atoms with E-state index < -0.39 is 11.8 Å². The number of halogens is 3. The van der Waals surface area contributed by atoms with Crippen LogP contribution in [0.2, 0.25) is 5.02 Å². The minimum Gasteiger partial charge on any atom is -0.322 e. The first-order valence-electron chi connectivity index (χ1n) is 8.42. The van der Waals surface area contributed by atoms with Gasteiger partial charge in [-0.1, -0.05) is 23.7 Å². The van der Waals surface area contributed by atoms with E-state index in [1.54, 1.807) is 11.6 Å². The molecule has 142 valence electrons. The van der Waals surface area contributed by atoms with Gasteiger partial charge in [-0.2, -0.15) is 5.10 Å². The predicted molar refractivity (Wildman–Crippen MR) is 102 cm³/mol. The first-order valence-corrected chi connectivity index (χ1v) is 8.80. The summed E-state index contributed by atoms with van der Waals surface area (Å²) in [6.07, 6.45) is 1.40. The number of nitrogens with one attached hydrogen (secondary N) is 1. The van der Waals surface area contributed by atoms with Crippen LogP contribution in [0.1, 0.15) is 48.4 Å². The van der Waals surface area contributed by atoms with Gasteiger partial charge in [-0.15, -0.1) is 0 Å². The minimum absolute atomic E-state index is 0.0969. The molecule has 0 aliphatic rings. The van der Waals surface area contributed by atoms with Gasteiger partial charge in [-0.05, 0) is 32.9 Å². The van der Waals surface area contributed by atoms with E-state index in [1.165, 1.54) is 30.5 Å². The molecule has 3 aromatic rings. The zero-order valence-electron chi connectivity index (χ0n) is 15.3. The molecule has 1 amide bonds. The fourth-order valence-corrected chi connectivity index (χ4v) is 3.15. The number of nitrogens with zero attached hydrogens (tertiary/aromatic N) is 3. The quantitative estimate of drug-likeness (QED) is 0.652. The van der Waals surface area contributed by atoms with Gasteiger partial charge in [0.15, 0.2) is 5.65 Å². The summed E-state index contributed by atoms with van der Waals surface area (Å²) in [7, 11) is 0. The van der Waals surface area contributed by atoms with Crippen LogP contribution in [0, 0.1) is 6.92 Å². The number of aromatic nitrogens is 3. The summed E-state index contributed by atoms with van der Waals surface area (Å²) >= 11 is 6.46. The number of aryl methyl sites for hydroxylation is 1. The summed E-state index contributed by atoms with van der Waals surface area (Å²) in [4.78, 5) is 17.0. The fourth-order valence-electron chi connectivity index (χ4n) is 2.80. The number of carbonyl (C=O) groups is 1. The molecule has 0 aliphatic carbocycles. The Balaban J connectivity index is 1.92. The maximum Gasteiger partial charge on any atom is 0.270 e. The van der Waals surface area contributed by atoms with Crippen molar-refractivity contribution in [3.63, 3.8) is 0 Å². The average molecular weight is 393 g/mol. The Morgan fingerprint density at radius 3 is 2.44 bits per heavy atom.